The largest absolute Gasteiger partial charge is 0.494 e. The molecule has 2 aliphatic heterocycles. The summed E-state index contributed by atoms with van der Waals surface area (Å²) in [7, 11) is 0. The Balaban J connectivity index is 1.02. The van der Waals surface area contributed by atoms with Crippen molar-refractivity contribution in [1.82, 2.24) is 4.90 Å². The van der Waals surface area contributed by atoms with Gasteiger partial charge in [-0.15, -0.1) is 0 Å². The number of carbonyl (C=O) groups is 1. The molecule has 0 radical (unpaired) electrons. The summed E-state index contributed by atoms with van der Waals surface area (Å²) in [4.78, 5) is 16.9. The second-order valence-electron chi connectivity index (χ2n) is 8.98. The first kappa shape index (κ1) is 20.7. The van der Waals surface area contributed by atoms with Gasteiger partial charge in [-0.2, -0.15) is 0 Å². The van der Waals surface area contributed by atoms with E-state index in [1.54, 1.807) is 0 Å². The van der Waals surface area contributed by atoms with Gasteiger partial charge in [-0.1, -0.05) is 29.8 Å². The van der Waals surface area contributed by atoms with Gasteiger partial charge in [0.25, 0.3) is 0 Å². The van der Waals surface area contributed by atoms with Crippen molar-refractivity contribution in [2.45, 2.75) is 32.1 Å². The highest BCUT2D eigenvalue weighted by molar-refractivity contribution is 6.34. The predicted molar refractivity (Wildman–Crippen MR) is 125 cm³/mol. The van der Waals surface area contributed by atoms with Gasteiger partial charge in [0.2, 0.25) is 5.91 Å². The fourth-order valence-electron chi connectivity index (χ4n) is 4.83. The zero-order valence-corrected chi connectivity index (χ0v) is 18.8. The van der Waals surface area contributed by atoms with Gasteiger partial charge in [0.1, 0.15) is 5.75 Å². The summed E-state index contributed by atoms with van der Waals surface area (Å²) in [5.74, 6) is 1.65. The fourth-order valence-corrected chi connectivity index (χ4v) is 5.07. The van der Waals surface area contributed by atoms with Crippen molar-refractivity contribution in [3.63, 3.8) is 0 Å². The molecule has 1 N–H and O–H groups in total. The number of halogens is 1. The van der Waals surface area contributed by atoms with E-state index in [4.69, 9.17) is 16.3 Å². The molecule has 3 aliphatic rings. The molecule has 5 rings (SSSR count). The molecule has 2 unspecified atom stereocenters. The monoisotopic (exact) mass is 439 g/mol. The van der Waals surface area contributed by atoms with E-state index in [-0.39, 0.29) is 11.8 Å². The third-order valence-corrected chi connectivity index (χ3v) is 7.32. The lowest BCUT2D eigenvalue weighted by atomic mass is 10.0. The van der Waals surface area contributed by atoms with E-state index in [1.807, 2.05) is 12.1 Å². The maximum atomic E-state index is 11.9. The Kier molecular flexibility index (Phi) is 5.81. The molecule has 5 nitrogen and oxygen atoms in total. The van der Waals surface area contributed by atoms with Gasteiger partial charge in [0, 0.05) is 43.9 Å². The standard InChI is InChI=1S/C25H30ClN3O2/c1-17-5-4-6-23(24(17)26)29-12-10-28(11-13-29)9-2-3-14-31-18-7-8-19-20-16-21(20)25(30)27-22(19)15-18/h4-8,15,20-21H,2-3,9-14,16H2,1H3,(H,27,30). The first-order chi connectivity index (χ1) is 15.1. The number of nitrogens with one attached hydrogen (secondary N) is 1. The van der Waals surface area contributed by atoms with E-state index in [1.165, 1.54) is 5.56 Å². The number of hydrogen-bond acceptors (Lipinski definition) is 4. The van der Waals surface area contributed by atoms with Gasteiger partial charge < -0.3 is 15.0 Å². The van der Waals surface area contributed by atoms with Crippen molar-refractivity contribution in [1.29, 1.82) is 0 Å². The average Bonchev–Trinajstić information content (AvgIpc) is 3.58. The maximum absolute atomic E-state index is 11.9. The number of piperazine rings is 1. The van der Waals surface area contributed by atoms with Gasteiger partial charge in [0.15, 0.2) is 0 Å². The number of rotatable bonds is 7. The number of aryl methyl sites for hydroxylation is 1. The number of ether oxygens (including phenoxy) is 1. The molecule has 31 heavy (non-hydrogen) atoms. The van der Waals surface area contributed by atoms with Crippen LogP contribution in [0.1, 0.15) is 36.3 Å². The van der Waals surface area contributed by atoms with Crippen molar-refractivity contribution >= 4 is 28.9 Å². The van der Waals surface area contributed by atoms with Crippen LogP contribution in [0.4, 0.5) is 11.4 Å². The Bertz CT molecular complexity index is 971. The molecule has 0 aromatic heterocycles. The minimum Gasteiger partial charge on any atom is -0.494 e. The average molecular weight is 440 g/mol. The zero-order valence-electron chi connectivity index (χ0n) is 18.1. The number of hydrogen-bond donors (Lipinski definition) is 1. The Morgan fingerprint density at radius 2 is 1.94 bits per heavy atom. The van der Waals surface area contributed by atoms with Gasteiger partial charge in [-0.25, -0.2) is 0 Å². The van der Waals surface area contributed by atoms with E-state index in [0.717, 1.165) is 79.7 Å². The fraction of sp³-hybridized carbons (Fsp3) is 0.480. The van der Waals surface area contributed by atoms with E-state index < -0.39 is 0 Å². The Morgan fingerprint density at radius 3 is 2.77 bits per heavy atom. The van der Waals surface area contributed by atoms with Gasteiger partial charge >= 0.3 is 0 Å². The molecule has 1 aliphatic carbocycles. The Labute approximate surface area is 189 Å². The molecule has 2 heterocycles. The number of nitrogens with zero attached hydrogens (tertiary/aromatic N) is 2. The minimum atomic E-state index is 0.166. The van der Waals surface area contributed by atoms with Crippen LogP contribution in [-0.4, -0.2) is 50.1 Å². The van der Waals surface area contributed by atoms with Crippen molar-refractivity contribution in [3.8, 4) is 5.75 Å². The molecule has 0 spiro atoms. The summed E-state index contributed by atoms with van der Waals surface area (Å²) in [5.41, 5.74) is 4.50. The van der Waals surface area contributed by atoms with E-state index in [9.17, 15) is 4.79 Å². The van der Waals surface area contributed by atoms with Gasteiger partial charge in [-0.05, 0) is 61.9 Å². The van der Waals surface area contributed by atoms with Crippen LogP contribution in [0.5, 0.6) is 5.75 Å². The highest BCUT2D eigenvalue weighted by Crippen LogP contribution is 2.53. The number of anilines is 2. The Hall–Kier alpha value is -2.24. The number of carbonyl (C=O) groups excluding carboxylic acids is 1. The summed E-state index contributed by atoms with van der Waals surface area (Å²) in [6, 6.07) is 12.4. The molecule has 2 aromatic rings. The van der Waals surface area contributed by atoms with Crippen molar-refractivity contribution in [3.05, 3.63) is 52.5 Å². The normalized spacial score (nSPS) is 22.5. The van der Waals surface area contributed by atoms with E-state index >= 15 is 0 Å². The van der Waals surface area contributed by atoms with Crippen LogP contribution < -0.4 is 15.0 Å². The van der Waals surface area contributed by atoms with E-state index in [0.29, 0.717) is 12.5 Å². The predicted octanol–water partition coefficient (Wildman–Crippen LogP) is 4.69. The quantitative estimate of drug-likeness (QED) is 0.636. The third-order valence-electron chi connectivity index (χ3n) is 6.83. The molecule has 0 bridgehead atoms. The minimum absolute atomic E-state index is 0.166. The maximum Gasteiger partial charge on any atom is 0.228 e. The smallest absolute Gasteiger partial charge is 0.228 e. The molecule has 2 fully saturated rings. The summed E-state index contributed by atoms with van der Waals surface area (Å²) in [5, 5.41) is 3.90. The summed E-state index contributed by atoms with van der Waals surface area (Å²) >= 11 is 6.50. The van der Waals surface area contributed by atoms with Crippen LogP contribution in [0.15, 0.2) is 36.4 Å². The van der Waals surface area contributed by atoms with Crippen LogP contribution in [0, 0.1) is 12.8 Å². The summed E-state index contributed by atoms with van der Waals surface area (Å²) < 4.78 is 5.95. The molecular formula is C25H30ClN3O2. The van der Waals surface area contributed by atoms with Crippen molar-refractivity contribution < 1.29 is 9.53 Å². The van der Waals surface area contributed by atoms with E-state index in [2.05, 4.69) is 46.3 Å². The molecule has 2 atom stereocenters. The lowest BCUT2D eigenvalue weighted by molar-refractivity contribution is -0.117. The van der Waals surface area contributed by atoms with Crippen LogP contribution >= 0.6 is 11.6 Å². The number of benzene rings is 2. The van der Waals surface area contributed by atoms with Gasteiger partial charge in [0.05, 0.1) is 17.3 Å². The lowest BCUT2D eigenvalue weighted by Crippen LogP contribution is -2.46. The summed E-state index contributed by atoms with van der Waals surface area (Å²) in [6.45, 7) is 8.03. The van der Waals surface area contributed by atoms with Crippen molar-refractivity contribution in [2.24, 2.45) is 5.92 Å². The van der Waals surface area contributed by atoms with Crippen LogP contribution in [0.2, 0.25) is 5.02 Å². The lowest BCUT2D eigenvalue weighted by Gasteiger charge is -2.36. The number of unbranched alkanes of at least 4 members (excludes halogenated alkanes) is 1. The summed E-state index contributed by atoms with van der Waals surface area (Å²) in [6.07, 6.45) is 3.14. The highest BCUT2D eigenvalue weighted by atomic mass is 35.5. The first-order valence-corrected chi connectivity index (χ1v) is 11.8. The van der Waals surface area contributed by atoms with Gasteiger partial charge in [-0.3, -0.25) is 9.69 Å². The van der Waals surface area contributed by atoms with Crippen LogP contribution in [0.25, 0.3) is 0 Å². The zero-order chi connectivity index (χ0) is 21.4. The van der Waals surface area contributed by atoms with Crippen LogP contribution in [0.3, 0.4) is 0 Å². The SMILES string of the molecule is Cc1cccc(N2CCN(CCCCOc3ccc4c(c3)NC(=O)C3CC43)CC2)c1Cl. The Morgan fingerprint density at radius 1 is 1.10 bits per heavy atom. The molecule has 1 amide bonds. The first-order valence-electron chi connectivity index (χ1n) is 11.4. The molecule has 6 heteroatoms. The molecule has 2 aromatic carbocycles. The molecule has 1 saturated carbocycles. The highest BCUT2D eigenvalue weighted by Gasteiger charge is 2.48. The molecular weight excluding hydrogens is 410 g/mol. The topological polar surface area (TPSA) is 44.8 Å². The number of fused-ring (bicyclic) bond motifs is 3. The number of amides is 1. The van der Waals surface area contributed by atoms with Crippen molar-refractivity contribution in [2.75, 3.05) is 49.5 Å². The second-order valence-corrected chi connectivity index (χ2v) is 9.36. The second kappa shape index (κ2) is 8.71. The molecule has 164 valence electrons. The third kappa shape index (κ3) is 4.39. The molecule has 1 saturated heterocycles. The van der Waals surface area contributed by atoms with Crippen LogP contribution in [-0.2, 0) is 4.79 Å².